The maximum absolute atomic E-state index is 12.7. The van der Waals surface area contributed by atoms with Gasteiger partial charge in [-0.1, -0.05) is 44.7 Å². The van der Waals surface area contributed by atoms with Crippen LogP contribution in [0.3, 0.4) is 0 Å². The van der Waals surface area contributed by atoms with E-state index in [4.69, 9.17) is 0 Å². The Morgan fingerprint density at radius 1 is 1.19 bits per heavy atom. The van der Waals surface area contributed by atoms with Crippen molar-refractivity contribution < 1.29 is 8.42 Å². The van der Waals surface area contributed by atoms with E-state index in [1.165, 1.54) is 6.42 Å². The molecule has 1 aliphatic rings. The third kappa shape index (κ3) is 4.31. The van der Waals surface area contributed by atoms with Gasteiger partial charge in [-0.3, -0.25) is 0 Å². The Labute approximate surface area is 151 Å². The van der Waals surface area contributed by atoms with E-state index in [0.717, 1.165) is 34.6 Å². The molecule has 118 valence electrons. The van der Waals surface area contributed by atoms with Crippen LogP contribution in [0.25, 0.3) is 0 Å². The Kier molecular flexibility index (Phi) is 6.34. The summed E-state index contributed by atoms with van der Waals surface area (Å²) in [5, 5.41) is 0.832. The van der Waals surface area contributed by atoms with Crippen molar-refractivity contribution in [2.75, 3.05) is 5.33 Å². The number of alkyl halides is 1. The minimum Gasteiger partial charge on any atom is -0.208 e. The van der Waals surface area contributed by atoms with E-state index in [9.17, 15) is 8.42 Å². The zero-order valence-electron chi connectivity index (χ0n) is 11.7. The van der Waals surface area contributed by atoms with Gasteiger partial charge in [-0.25, -0.2) is 13.1 Å². The van der Waals surface area contributed by atoms with Crippen LogP contribution in [0.1, 0.15) is 31.2 Å². The van der Waals surface area contributed by atoms with Crippen LogP contribution in [0.2, 0.25) is 0 Å². The fraction of sp³-hybridized carbons (Fsp3) is 0.571. The molecule has 3 nitrogen and oxygen atoms in total. The molecule has 7 heteroatoms. The summed E-state index contributed by atoms with van der Waals surface area (Å²) in [6.45, 7) is 1.93. The first-order chi connectivity index (χ1) is 9.85. The van der Waals surface area contributed by atoms with E-state index in [1.54, 1.807) is 6.07 Å². The van der Waals surface area contributed by atoms with Crippen LogP contribution in [0.4, 0.5) is 0 Å². The first-order valence-electron chi connectivity index (χ1n) is 6.89. The minimum atomic E-state index is -3.52. The molecule has 0 spiro atoms. The zero-order chi connectivity index (χ0) is 15.6. The van der Waals surface area contributed by atoms with E-state index in [0.29, 0.717) is 15.3 Å². The van der Waals surface area contributed by atoms with Gasteiger partial charge in [0.1, 0.15) is 0 Å². The molecule has 1 N–H and O–H groups in total. The molecule has 21 heavy (non-hydrogen) atoms. The molecule has 1 fully saturated rings. The van der Waals surface area contributed by atoms with Gasteiger partial charge in [0.15, 0.2) is 0 Å². The monoisotopic (exact) mass is 501 g/mol. The van der Waals surface area contributed by atoms with Crippen LogP contribution in [0.15, 0.2) is 26.0 Å². The van der Waals surface area contributed by atoms with Crippen molar-refractivity contribution in [2.45, 2.75) is 43.5 Å². The van der Waals surface area contributed by atoms with Crippen LogP contribution in [0.5, 0.6) is 0 Å². The molecule has 0 saturated heterocycles. The summed E-state index contributed by atoms with van der Waals surface area (Å²) in [6.07, 6.45) is 4.22. The van der Waals surface area contributed by atoms with Crippen molar-refractivity contribution in [3.8, 4) is 0 Å². The highest BCUT2D eigenvalue weighted by molar-refractivity contribution is 9.11. The molecule has 1 saturated carbocycles. The molecule has 2 unspecified atom stereocenters. The summed E-state index contributed by atoms with van der Waals surface area (Å²) < 4.78 is 29.6. The van der Waals surface area contributed by atoms with Gasteiger partial charge in [-0.15, -0.1) is 0 Å². The zero-order valence-corrected chi connectivity index (χ0v) is 17.3. The normalized spacial score (nSPS) is 23.2. The fourth-order valence-corrected chi connectivity index (χ4v) is 6.44. The summed E-state index contributed by atoms with van der Waals surface area (Å²) in [5.74, 6) is 0.362. The van der Waals surface area contributed by atoms with Crippen molar-refractivity contribution in [1.82, 2.24) is 4.72 Å². The standard InChI is InChI=1S/C14H18Br3NO2S/c1-9-6-12(17)14(7-11(9)16)21(19,20)18-13-5-3-2-4-10(13)8-15/h6-7,10,13,18H,2-5,8H2,1H3. The molecule has 1 aromatic carbocycles. The number of hydrogen-bond acceptors (Lipinski definition) is 2. The topological polar surface area (TPSA) is 46.2 Å². The minimum absolute atomic E-state index is 0.00936. The molecule has 0 bridgehead atoms. The van der Waals surface area contributed by atoms with Gasteiger partial charge in [0.2, 0.25) is 10.0 Å². The predicted molar refractivity (Wildman–Crippen MR) is 96.4 cm³/mol. The highest BCUT2D eigenvalue weighted by atomic mass is 79.9. The van der Waals surface area contributed by atoms with Gasteiger partial charge in [0.05, 0.1) is 4.90 Å². The molecule has 0 aliphatic heterocycles. The van der Waals surface area contributed by atoms with Crippen molar-refractivity contribution in [3.63, 3.8) is 0 Å². The first kappa shape index (κ1) is 17.9. The SMILES string of the molecule is Cc1cc(Br)c(S(=O)(=O)NC2CCCCC2CBr)cc1Br. The third-order valence-corrected chi connectivity index (χ3v) is 8.05. The lowest BCUT2D eigenvalue weighted by Gasteiger charge is -2.30. The van der Waals surface area contributed by atoms with Crippen molar-refractivity contribution in [2.24, 2.45) is 5.92 Å². The predicted octanol–water partition coefficient (Wildman–Crippen LogP) is 4.75. The highest BCUT2D eigenvalue weighted by Crippen LogP contribution is 2.31. The third-order valence-electron chi connectivity index (χ3n) is 3.92. The second-order valence-electron chi connectivity index (χ2n) is 5.46. The van der Waals surface area contributed by atoms with E-state index in [2.05, 4.69) is 52.5 Å². The molecule has 0 aromatic heterocycles. The smallest absolute Gasteiger partial charge is 0.208 e. The van der Waals surface area contributed by atoms with Gasteiger partial charge < -0.3 is 0 Å². The number of hydrogen-bond donors (Lipinski definition) is 1. The molecule has 0 amide bonds. The Balaban J connectivity index is 2.28. The molecule has 2 rings (SSSR count). The fourth-order valence-electron chi connectivity index (χ4n) is 2.64. The first-order valence-corrected chi connectivity index (χ1v) is 11.1. The van der Waals surface area contributed by atoms with Crippen molar-refractivity contribution >= 4 is 57.8 Å². The number of aryl methyl sites for hydroxylation is 1. The second-order valence-corrected chi connectivity index (χ2v) is 9.50. The summed E-state index contributed by atoms with van der Waals surface area (Å²) in [7, 11) is -3.52. The second kappa shape index (κ2) is 7.43. The lowest BCUT2D eigenvalue weighted by Crippen LogP contribution is -2.42. The number of sulfonamides is 1. The van der Waals surface area contributed by atoms with E-state index >= 15 is 0 Å². The maximum Gasteiger partial charge on any atom is 0.241 e. The highest BCUT2D eigenvalue weighted by Gasteiger charge is 2.29. The van der Waals surface area contributed by atoms with Crippen LogP contribution in [-0.4, -0.2) is 19.8 Å². The maximum atomic E-state index is 12.7. The van der Waals surface area contributed by atoms with Gasteiger partial charge in [-0.05, 0) is 59.3 Å². The molecule has 1 aliphatic carbocycles. The quantitative estimate of drug-likeness (QED) is 0.602. The summed E-state index contributed by atoms with van der Waals surface area (Å²) >= 11 is 10.3. The van der Waals surface area contributed by atoms with Gasteiger partial charge >= 0.3 is 0 Å². The van der Waals surface area contributed by atoms with Crippen molar-refractivity contribution in [3.05, 3.63) is 26.6 Å². The Hall–Kier alpha value is 0.570. The lowest BCUT2D eigenvalue weighted by molar-refractivity contribution is 0.316. The Morgan fingerprint density at radius 2 is 1.86 bits per heavy atom. The van der Waals surface area contributed by atoms with Crippen molar-refractivity contribution in [1.29, 1.82) is 0 Å². The average Bonchev–Trinajstić information content (AvgIpc) is 2.43. The molecule has 2 atom stereocenters. The summed E-state index contributed by atoms with van der Waals surface area (Å²) in [6, 6.07) is 3.49. The molecular formula is C14H18Br3NO2S. The van der Waals surface area contributed by atoms with E-state index < -0.39 is 10.0 Å². The van der Waals surface area contributed by atoms with Gasteiger partial charge in [-0.2, -0.15) is 0 Å². The molecule has 0 heterocycles. The number of halogens is 3. The van der Waals surface area contributed by atoms with E-state index in [-0.39, 0.29) is 6.04 Å². The van der Waals surface area contributed by atoms with Crippen LogP contribution < -0.4 is 4.72 Å². The van der Waals surface area contributed by atoms with Gasteiger partial charge in [0, 0.05) is 20.3 Å². The van der Waals surface area contributed by atoms with Crippen LogP contribution in [-0.2, 0) is 10.0 Å². The van der Waals surface area contributed by atoms with Crippen LogP contribution in [0, 0.1) is 12.8 Å². The number of rotatable bonds is 4. The van der Waals surface area contributed by atoms with Gasteiger partial charge in [0.25, 0.3) is 0 Å². The molecular weight excluding hydrogens is 486 g/mol. The number of benzene rings is 1. The summed E-state index contributed by atoms with van der Waals surface area (Å²) in [5.41, 5.74) is 0.997. The molecule has 0 radical (unpaired) electrons. The largest absolute Gasteiger partial charge is 0.241 e. The van der Waals surface area contributed by atoms with E-state index in [1.807, 2.05) is 13.0 Å². The lowest BCUT2D eigenvalue weighted by atomic mass is 9.87. The molecule has 1 aromatic rings. The Bertz CT molecular complexity index is 619. The number of nitrogens with one attached hydrogen (secondary N) is 1. The van der Waals surface area contributed by atoms with Crippen LogP contribution >= 0.6 is 47.8 Å². The summed E-state index contributed by atoms with van der Waals surface area (Å²) in [4.78, 5) is 0.291. The average molecular weight is 504 g/mol. The Morgan fingerprint density at radius 3 is 2.52 bits per heavy atom.